The number of rotatable bonds is 12. The number of nitrogens with zero attached hydrogens (tertiary/aromatic N) is 3. The Kier molecular flexibility index (Phi) is 9.19. The number of benzene rings is 1. The van der Waals surface area contributed by atoms with Crippen LogP contribution in [0.5, 0.6) is 0 Å². The first-order valence-corrected chi connectivity index (χ1v) is 15.2. The molecule has 0 radical (unpaired) electrons. The number of anilines is 1. The Morgan fingerprint density at radius 2 is 1.87 bits per heavy atom. The minimum atomic E-state index is -0.815. The van der Waals surface area contributed by atoms with Gasteiger partial charge in [-0.15, -0.1) is 24.9 Å². The molecule has 0 aliphatic carbocycles. The lowest BCUT2D eigenvalue weighted by molar-refractivity contribution is -0.145. The van der Waals surface area contributed by atoms with E-state index in [9.17, 15) is 19.5 Å². The van der Waals surface area contributed by atoms with Crippen molar-refractivity contribution in [1.29, 1.82) is 0 Å². The topological polar surface area (TPSA) is 81.2 Å². The predicted octanol–water partition coefficient (Wildman–Crippen LogP) is 4.39. The second kappa shape index (κ2) is 12.1. The average Bonchev–Trinajstić information content (AvgIpc) is 3.52. The zero-order valence-corrected chi connectivity index (χ0v) is 24.7. The molecule has 212 valence electrons. The van der Waals surface area contributed by atoms with Gasteiger partial charge >= 0.3 is 0 Å². The molecule has 3 heterocycles. The van der Waals surface area contributed by atoms with Gasteiger partial charge in [0.1, 0.15) is 6.04 Å². The van der Waals surface area contributed by atoms with E-state index in [2.05, 4.69) is 20.1 Å². The van der Waals surface area contributed by atoms with Gasteiger partial charge in [0, 0.05) is 35.6 Å². The maximum absolute atomic E-state index is 14.6. The number of likely N-dealkylation sites (tertiary alicyclic amines) is 1. The largest absolute Gasteiger partial charge is 0.394 e. The summed E-state index contributed by atoms with van der Waals surface area (Å²) < 4.78 is -0.764. The molecule has 39 heavy (non-hydrogen) atoms. The fourth-order valence-electron chi connectivity index (χ4n) is 6.98. The molecule has 3 unspecified atom stereocenters. The van der Waals surface area contributed by atoms with Crippen LogP contribution in [0, 0.1) is 17.8 Å². The zero-order chi connectivity index (χ0) is 28.5. The van der Waals surface area contributed by atoms with Gasteiger partial charge < -0.3 is 19.8 Å². The van der Waals surface area contributed by atoms with Gasteiger partial charge in [-0.25, -0.2) is 0 Å². The molecule has 4 rings (SSSR count). The first-order chi connectivity index (χ1) is 18.7. The number of thioether (sulfide) groups is 1. The quantitative estimate of drug-likeness (QED) is 0.375. The summed E-state index contributed by atoms with van der Waals surface area (Å²) in [4.78, 5) is 48.1. The van der Waals surface area contributed by atoms with E-state index in [1.165, 1.54) is 0 Å². The average molecular weight is 574 g/mol. The van der Waals surface area contributed by atoms with Crippen molar-refractivity contribution in [2.75, 3.05) is 31.1 Å². The lowest BCUT2D eigenvalue weighted by Gasteiger charge is -2.42. The number of hydrogen-bond acceptors (Lipinski definition) is 5. The van der Waals surface area contributed by atoms with Crippen molar-refractivity contribution in [3.63, 3.8) is 0 Å². The minimum absolute atomic E-state index is 0.0351. The zero-order valence-electron chi connectivity index (χ0n) is 23.1. The van der Waals surface area contributed by atoms with Crippen molar-refractivity contribution in [3.8, 4) is 0 Å². The molecule has 3 amide bonds. The number of amides is 3. The Morgan fingerprint density at radius 3 is 2.44 bits per heavy atom. The van der Waals surface area contributed by atoms with E-state index in [4.69, 9.17) is 11.6 Å². The fourth-order valence-corrected chi connectivity index (χ4v) is 9.50. The van der Waals surface area contributed by atoms with Crippen LogP contribution in [0.15, 0.2) is 49.6 Å². The number of carbonyl (C=O) groups excluding carboxylic acids is 3. The van der Waals surface area contributed by atoms with Crippen LogP contribution < -0.4 is 4.90 Å². The molecule has 0 aromatic heterocycles. The van der Waals surface area contributed by atoms with Gasteiger partial charge in [0.15, 0.2) is 0 Å². The predicted molar refractivity (Wildman–Crippen MR) is 158 cm³/mol. The van der Waals surface area contributed by atoms with E-state index in [-0.39, 0.29) is 42.0 Å². The summed E-state index contributed by atoms with van der Waals surface area (Å²) in [6.45, 7) is 14.7. The third-order valence-corrected chi connectivity index (χ3v) is 11.0. The number of fused-ring (bicyclic) bond motifs is 1. The maximum Gasteiger partial charge on any atom is 0.251 e. The number of hydrogen-bond donors (Lipinski definition) is 1. The fraction of sp³-hybridized carbons (Fsp3) is 0.567. The summed E-state index contributed by atoms with van der Waals surface area (Å²) >= 11 is 7.78. The van der Waals surface area contributed by atoms with Gasteiger partial charge in [0.2, 0.25) is 11.8 Å². The number of carbonyl (C=O) groups is 3. The smallest absolute Gasteiger partial charge is 0.251 e. The molecule has 1 N–H and O–H groups in total. The van der Waals surface area contributed by atoms with Crippen LogP contribution in [0.1, 0.15) is 40.0 Å². The molecular formula is C30H40ClN3O4S. The third-order valence-electron chi connectivity index (χ3n) is 8.65. The summed E-state index contributed by atoms with van der Waals surface area (Å²) in [6, 6.07) is 5.70. The van der Waals surface area contributed by atoms with Crippen LogP contribution in [-0.4, -0.2) is 80.9 Å². The Hall–Kier alpha value is -2.29. The SMILES string of the molecule is C=CCN(CCC)C(=O)[C@@H]1[C@H]2C(=O)N([C@@H](CC)CO)C(C(=O)N(CC=C)c3ccc(Cl)cc3)C23S[C@@H]1CC3C. The van der Waals surface area contributed by atoms with E-state index in [0.29, 0.717) is 30.2 Å². The molecule has 0 saturated carbocycles. The summed E-state index contributed by atoms with van der Waals surface area (Å²) in [7, 11) is 0. The van der Waals surface area contributed by atoms with E-state index in [0.717, 1.165) is 12.8 Å². The van der Waals surface area contributed by atoms with Crippen LogP contribution in [0.2, 0.25) is 5.02 Å². The molecule has 3 aliphatic rings. The van der Waals surface area contributed by atoms with Crippen molar-refractivity contribution >= 4 is 46.8 Å². The normalized spacial score (nSPS) is 29.7. The van der Waals surface area contributed by atoms with Crippen LogP contribution in [0.25, 0.3) is 0 Å². The van der Waals surface area contributed by atoms with Crippen LogP contribution in [0.4, 0.5) is 5.69 Å². The van der Waals surface area contributed by atoms with E-state index in [1.807, 2.05) is 13.8 Å². The summed E-state index contributed by atoms with van der Waals surface area (Å²) in [5.41, 5.74) is 0.659. The minimum Gasteiger partial charge on any atom is -0.394 e. The summed E-state index contributed by atoms with van der Waals surface area (Å²) in [5, 5.41) is 10.9. The highest BCUT2D eigenvalue weighted by atomic mass is 35.5. The molecule has 7 atom stereocenters. The summed E-state index contributed by atoms with van der Waals surface area (Å²) in [6.07, 6.45) is 5.45. The van der Waals surface area contributed by atoms with Gasteiger partial charge in [-0.1, -0.05) is 44.5 Å². The molecule has 2 bridgehead atoms. The molecule has 7 nitrogen and oxygen atoms in total. The van der Waals surface area contributed by atoms with Gasteiger partial charge in [-0.3, -0.25) is 14.4 Å². The highest BCUT2D eigenvalue weighted by Crippen LogP contribution is 2.69. The van der Waals surface area contributed by atoms with Gasteiger partial charge in [-0.2, -0.15) is 0 Å². The van der Waals surface area contributed by atoms with Crippen molar-refractivity contribution < 1.29 is 19.5 Å². The van der Waals surface area contributed by atoms with E-state index < -0.39 is 28.7 Å². The van der Waals surface area contributed by atoms with E-state index in [1.54, 1.807) is 62.9 Å². The van der Waals surface area contributed by atoms with Crippen LogP contribution in [0.3, 0.4) is 0 Å². The van der Waals surface area contributed by atoms with Crippen molar-refractivity contribution in [3.05, 3.63) is 54.6 Å². The standard InChI is InChI=1S/C30H40ClN3O4S/c1-6-14-32(15-7-2)27(36)24-23-17-19(5)30(39-23)25(24)28(37)34(21(9-4)18-35)26(30)29(38)33(16-8-3)22-12-10-20(31)11-13-22/h6,8,10-13,19,21,23-26,35H,1,3,7,9,14-18H2,2,4-5H3/t19?,21-,23+,24-,25-,26?,30?/m0/s1. The lowest BCUT2D eigenvalue weighted by Crippen LogP contribution is -2.59. The van der Waals surface area contributed by atoms with Crippen molar-refractivity contribution in [2.24, 2.45) is 17.8 Å². The number of aliphatic hydroxyl groups is 1. The lowest BCUT2D eigenvalue weighted by atomic mass is 9.65. The highest BCUT2D eigenvalue weighted by Gasteiger charge is 2.77. The molecular weight excluding hydrogens is 534 g/mol. The molecule has 3 fully saturated rings. The monoisotopic (exact) mass is 573 g/mol. The summed E-state index contributed by atoms with van der Waals surface area (Å²) in [5.74, 6) is -1.55. The Bertz CT molecular complexity index is 1110. The van der Waals surface area contributed by atoms with Gasteiger partial charge in [0.05, 0.1) is 29.2 Å². The van der Waals surface area contributed by atoms with Crippen LogP contribution >= 0.6 is 23.4 Å². The van der Waals surface area contributed by atoms with Crippen molar-refractivity contribution in [1.82, 2.24) is 9.80 Å². The first-order valence-electron chi connectivity index (χ1n) is 13.9. The molecule has 1 aromatic carbocycles. The van der Waals surface area contributed by atoms with E-state index >= 15 is 0 Å². The number of aliphatic hydroxyl groups excluding tert-OH is 1. The van der Waals surface area contributed by atoms with Gasteiger partial charge in [-0.05, 0) is 49.4 Å². The van der Waals surface area contributed by atoms with Crippen LogP contribution in [-0.2, 0) is 14.4 Å². The maximum atomic E-state index is 14.6. The number of halogens is 1. The molecule has 9 heteroatoms. The van der Waals surface area contributed by atoms with Gasteiger partial charge in [0.25, 0.3) is 5.91 Å². The van der Waals surface area contributed by atoms with Crippen molar-refractivity contribution in [2.45, 2.75) is 62.1 Å². The molecule has 3 saturated heterocycles. The molecule has 3 aliphatic heterocycles. The molecule has 1 spiro atoms. The Balaban J connectivity index is 1.83. The second-order valence-electron chi connectivity index (χ2n) is 10.8. The second-order valence-corrected chi connectivity index (χ2v) is 12.8. The molecule has 1 aromatic rings. The highest BCUT2D eigenvalue weighted by molar-refractivity contribution is 8.02. The third kappa shape index (κ3) is 4.82. The Labute approximate surface area is 241 Å². The Morgan fingerprint density at radius 1 is 1.21 bits per heavy atom. The first kappa shape index (κ1) is 29.7.